The van der Waals surface area contributed by atoms with Crippen molar-refractivity contribution in [3.05, 3.63) is 46.2 Å². The lowest BCUT2D eigenvalue weighted by molar-refractivity contribution is 0.0720. The van der Waals surface area contributed by atoms with Crippen LogP contribution in [0.15, 0.2) is 29.2 Å². The van der Waals surface area contributed by atoms with Gasteiger partial charge in [-0.1, -0.05) is 11.6 Å². The maximum atomic E-state index is 13.2. The summed E-state index contributed by atoms with van der Waals surface area (Å²) < 4.78 is 30.6. The summed E-state index contributed by atoms with van der Waals surface area (Å²) >= 11 is 5.87. The second-order valence-electron chi connectivity index (χ2n) is 6.90. The normalized spacial score (nSPS) is 15.0. The van der Waals surface area contributed by atoms with Crippen molar-refractivity contribution in [2.75, 3.05) is 17.8 Å². The summed E-state index contributed by atoms with van der Waals surface area (Å²) in [4.78, 5) is 15.0. The third-order valence-electron chi connectivity index (χ3n) is 5.15. The number of nitrogens with zero attached hydrogens (tertiary/aromatic N) is 2. The van der Waals surface area contributed by atoms with Crippen molar-refractivity contribution in [2.24, 2.45) is 7.05 Å². The molecule has 1 aromatic carbocycles. The molecule has 1 aliphatic rings. The lowest BCUT2D eigenvalue weighted by Gasteiger charge is -2.27. The van der Waals surface area contributed by atoms with Gasteiger partial charge in [0.1, 0.15) is 4.90 Å². The van der Waals surface area contributed by atoms with Crippen LogP contribution >= 0.6 is 11.6 Å². The number of aromatic nitrogens is 1. The van der Waals surface area contributed by atoms with E-state index in [0.717, 1.165) is 19.3 Å². The number of halogens is 1. The Labute approximate surface area is 165 Å². The van der Waals surface area contributed by atoms with Gasteiger partial charge in [-0.25, -0.2) is 8.42 Å². The van der Waals surface area contributed by atoms with Gasteiger partial charge in [0, 0.05) is 42.2 Å². The van der Waals surface area contributed by atoms with E-state index in [9.17, 15) is 13.2 Å². The molecule has 0 bridgehead atoms. The number of anilines is 1. The second kappa shape index (κ2) is 7.56. The molecule has 2 heterocycles. The van der Waals surface area contributed by atoms with E-state index in [1.54, 1.807) is 54.6 Å². The van der Waals surface area contributed by atoms with Crippen LogP contribution in [0.25, 0.3) is 0 Å². The Bertz CT molecular complexity index is 959. The molecule has 1 saturated heterocycles. The average Bonchev–Trinajstić information content (AvgIpc) is 2.88. The highest BCUT2D eigenvalue weighted by molar-refractivity contribution is 7.92. The molecule has 0 atom stereocenters. The zero-order valence-corrected chi connectivity index (χ0v) is 17.3. The molecule has 0 unspecified atom stereocenters. The Morgan fingerprint density at radius 3 is 2.22 bits per heavy atom. The van der Waals surface area contributed by atoms with Gasteiger partial charge in [-0.2, -0.15) is 0 Å². The van der Waals surface area contributed by atoms with Gasteiger partial charge in [0.05, 0.1) is 5.56 Å². The highest BCUT2D eigenvalue weighted by atomic mass is 35.5. The lowest BCUT2D eigenvalue weighted by Crippen LogP contribution is -2.36. The molecule has 0 aliphatic carbocycles. The van der Waals surface area contributed by atoms with Crippen LogP contribution in [0.4, 0.5) is 5.69 Å². The highest BCUT2D eigenvalue weighted by Crippen LogP contribution is 2.30. The van der Waals surface area contributed by atoms with Crippen molar-refractivity contribution in [1.29, 1.82) is 0 Å². The Morgan fingerprint density at radius 1 is 1.04 bits per heavy atom. The monoisotopic (exact) mass is 409 g/mol. The van der Waals surface area contributed by atoms with Crippen LogP contribution in [-0.4, -0.2) is 36.9 Å². The van der Waals surface area contributed by atoms with Gasteiger partial charge in [0.15, 0.2) is 0 Å². The van der Waals surface area contributed by atoms with Crippen LogP contribution in [0.3, 0.4) is 0 Å². The number of nitrogens with one attached hydrogen (secondary N) is 1. The van der Waals surface area contributed by atoms with Gasteiger partial charge in [0.25, 0.3) is 15.9 Å². The molecule has 2 aromatic rings. The van der Waals surface area contributed by atoms with Gasteiger partial charge < -0.3 is 9.47 Å². The van der Waals surface area contributed by atoms with Crippen LogP contribution in [0.2, 0.25) is 5.02 Å². The molecule has 0 radical (unpaired) electrons. The van der Waals surface area contributed by atoms with Crippen molar-refractivity contribution < 1.29 is 13.2 Å². The maximum absolute atomic E-state index is 13.2. The van der Waals surface area contributed by atoms with E-state index in [0.29, 0.717) is 35.2 Å². The summed E-state index contributed by atoms with van der Waals surface area (Å²) in [5, 5.41) is 0.519. The summed E-state index contributed by atoms with van der Waals surface area (Å²) in [5.41, 5.74) is 1.85. The molecular weight excluding hydrogens is 386 g/mol. The molecule has 8 heteroatoms. The van der Waals surface area contributed by atoms with Crippen LogP contribution in [0.5, 0.6) is 0 Å². The molecule has 1 amide bonds. The Hall–Kier alpha value is -1.99. The Balaban J connectivity index is 2.04. The van der Waals surface area contributed by atoms with Gasteiger partial charge >= 0.3 is 0 Å². The molecular formula is C19H24ClN3O3S. The minimum absolute atomic E-state index is 0.0491. The molecule has 1 aliphatic heterocycles. The standard InChI is InChI=1S/C19H24ClN3O3S/c1-13-17(19(24)23-11-5-4-6-12-23)18(14(2)22(13)3)27(25,26)21-16-9-7-15(20)8-10-16/h7-10,21H,4-6,11-12H2,1-3H3. The van der Waals surface area contributed by atoms with E-state index in [2.05, 4.69) is 4.72 Å². The zero-order valence-electron chi connectivity index (χ0n) is 15.8. The zero-order chi connectivity index (χ0) is 19.8. The number of benzene rings is 1. The summed E-state index contributed by atoms with van der Waals surface area (Å²) in [6, 6.07) is 6.42. The summed E-state index contributed by atoms with van der Waals surface area (Å²) in [6.45, 7) is 4.83. The molecule has 1 fully saturated rings. The van der Waals surface area contributed by atoms with E-state index >= 15 is 0 Å². The molecule has 6 nitrogen and oxygen atoms in total. The number of hydrogen-bond donors (Lipinski definition) is 1. The largest absolute Gasteiger partial charge is 0.350 e. The predicted octanol–water partition coefficient (Wildman–Crippen LogP) is 3.72. The van der Waals surface area contributed by atoms with Crippen molar-refractivity contribution >= 4 is 33.2 Å². The first kappa shape index (κ1) is 19.8. The van der Waals surface area contributed by atoms with Crippen molar-refractivity contribution in [2.45, 2.75) is 38.0 Å². The SMILES string of the molecule is Cc1c(C(=O)N2CCCCC2)c(S(=O)(=O)Nc2ccc(Cl)cc2)c(C)n1C. The number of amides is 1. The molecule has 146 valence electrons. The van der Waals surface area contributed by atoms with Gasteiger partial charge in [0.2, 0.25) is 0 Å². The maximum Gasteiger partial charge on any atom is 0.264 e. The van der Waals surface area contributed by atoms with Crippen molar-refractivity contribution in [3.8, 4) is 0 Å². The number of hydrogen-bond acceptors (Lipinski definition) is 3. The molecule has 1 N–H and O–H groups in total. The van der Waals surface area contributed by atoms with E-state index in [-0.39, 0.29) is 16.4 Å². The van der Waals surface area contributed by atoms with E-state index < -0.39 is 10.0 Å². The number of piperidine rings is 1. The van der Waals surface area contributed by atoms with Crippen molar-refractivity contribution in [3.63, 3.8) is 0 Å². The smallest absolute Gasteiger partial charge is 0.264 e. The molecule has 0 spiro atoms. The topological polar surface area (TPSA) is 71.4 Å². The van der Waals surface area contributed by atoms with E-state index in [1.165, 1.54) is 0 Å². The fraction of sp³-hybridized carbons (Fsp3) is 0.421. The number of rotatable bonds is 4. The van der Waals surface area contributed by atoms with Crippen LogP contribution < -0.4 is 4.72 Å². The molecule has 1 aromatic heterocycles. The van der Waals surface area contributed by atoms with E-state index in [4.69, 9.17) is 11.6 Å². The van der Waals surface area contributed by atoms with Crippen LogP contribution in [0.1, 0.15) is 41.0 Å². The fourth-order valence-corrected chi connectivity index (χ4v) is 5.18. The third kappa shape index (κ3) is 3.84. The molecule has 3 rings (SSSR count). The fourth-order valence-electron chi connectivity index (χ4n) is 3.48. The number of carbonyl (C=O) groups is 1. The summed E-state index contributed by atoms with van der Waals surface area (Å²) in [5.74, 6) is -0.215. The van der Waals surface area contributed by atoms with E-state index in [1.807, 2.05) is 0 Å². The minimum Gasteiger partial charge on any atom is -0.350 e. The summed E-state index contributed by atoms with van der Waals surface area (Å²) in [7, 11) is -2.16. The Kier molecular flexibility index (Phi) is 5.53. The minimum atomic E-state index is -3.93. The third-order valence-corrected chi connectivity index (χ3v) is 6.94. The number of likely N-dealkylation sites (tertiary alicyclic amines) is 1. The van der Waals surface area contributed by atoms with Crippen LogP contribution in [-0.2, 0) is 17.1 Å². The highest BCUT2D eigenvalue weighted by Gasteiger charge is 2.33. The van der Waals surface area contributed by atoms with Gasteiger partial charge in [-0.05, 0) is 57.4 Å². The first-order chi connectivity index (χ1) is 12.7. The number of carbonyl (C=O) groups excluding carboxylic acids is 1. The van der Waals surface area contributed by atoms with Gasteiger partial charge in [-0.3, -0.25) is 9.52 Å². The first-order valence-electron chi connectivity index (χ1n) is 8.96. The quantitative estimate of drug-likeness (QED) is 0.836. The van der Waals surface area contributed by atoms with Crippen molar-refractivity contribution in [1.82, 2.24) is 9.47 Å². The average molecular weight is 410 g/mol. The second-order valence-corrected chi connectivity index (χ2v) is 8.95. The number of sulfonamides is 1. The molecule has 0 saturated carbocycles. The Morgan fingerprint density at radius 2 is 1.63 bits per heavy atom. The lowest BCUT2D eigenvalue weighted by atomic mass is 10.1. The van der Waals surface area contributed by atoms with Gasteiger partial charge in [-0.15, -0.1) is 0 Å². The predicted molar refractivity (Wildman–Crippen MR) is 107 cm³/mol. The first-order valence-corrected chi connectivity index (χ1v) is 10.8. The summed E-state index contributed by atoms with van der Waals surface area (Å²) in [6.07, 6.45) is 2.99. The van der Waals surface area contributed by atoms with Crippen LogP contribution in [0, 0.1) is 13.8 Å². The molecule has 27 heavy (non-hydrogen) atoms.